The number of hydrogen-bond donors (Lipinski definition) is 0. The van der Waals surface area contributed by atoms with Gasteiger partial charge in [0.2, 0.25) is 0 Å². The van der Waals surface area contributed by atoms with Crippen LogP contribution >= 0.6 is 27.5 Å². The first-order valence-electron chi connectivity index (χ1n) is 3.47. The summed E-state index contributed by atoms with van der Waals surface area (Å²) in [4.78, 5) is 0. The lowest BCUT2D eigenvalue weighted by Crippen LogP contribution is -1.85. The van der Waals surface area contributed by atoms with E-state index in [0.717, 1.165) is 11.3 Å². The van der Waals surface area contributed by atoms with E-state index in [-0.39, 0.29) is 0 Å². The van der Waals surface area contributed by atoms with Crippen molar-refractivity contribution in [3.63, 3.8) is 0 Å². The van der Waals surface area contributed by atoms with Crippen LogP contribution in [-0.4, -0.2) is 10.2 Å². The van der Waals surface area contributed by atoms with Gasteiger partial charge in [0.1, 0.15) is 0 Å². The minimum atomic E-state index is 0.617. The summed E-state index contributed by atoms with van der Waals surface area (Å²) in [7, 11) is 0. The zero-order chi connectivity index (χ0) is 6.54. The zero-order valence-corrected chi connectivity index (χ0v) is 7.63. The SMILES string of the molecule is ClCCCC12CC1(Br)C2. The Morgan fingerprint density at radius 1 is 1.44 bits per heavy atom. The average molecular weight is 210 g/mol. The van der Waals surface area contributed by atoms with Crippen molar-refractivity contribution in [3.8, 4) is 0 Å². The third kappa shape index (κ3) is 0.775. The highest BCUT2D eigenvalue weighted by atomic mass is 79.9. The van der Waals surface area contributed by atoms with Crippen molar-refractivity contribution < 1.29 is 0 Å². The second kappa shape index (κ2) is 1.68. The fourth-order valence-electron chi connectivity index (χ4n) is 1.74. The first-order valence-corrected chi connectivity index (χ1v) is 4.80. The molecule has 2 rings (SSSR count). The molecule has 0 unspecified atom stereocenters. The maximum atomic E-state index is 5.58. The molecule has 0 aromatic rings. The molecule has 0 radical (unpaired) electrons. The molecule has 0 saturated heterocycles. The van der Waals surface area contributed by atoms with Crippen molar-refractivity contribution in [1.29, 1.82) is 0 Å². The van der Waals surface area contributed by atoms with E-state index in [1.165, 1.54) is 25.7 Å². The number of alkyl halides is 2. The van der Waals surface area contributed by atoms with Crippen LogP contribution in [0.5, 0.6) is 0 Å². The predicted octanol–water partition coefficient (Wildman–Crippen LogP) is 2.93. The fraction of sp³-hybridized carbons (Fsp3) is 1.00. The summed E-state index contributed by atoms with van der Waals surface area (Å²) in [5.41, 5.74) is 0.738. The Labute approximate surface area is 69.1 Å². The molecule has 2 heteroatoms. The van der Waals surface area contributed by atoms with Gasteiger partial charge >= 0.3 is 0 Å². The van der Waals surface area contributed by atoms with Crippen LogP contribution in [0.1, 0.15) is 25.7 Å². The van der Waals surface area contributed by atoms with Gasteiger partial charge in [-0.15, -0.1) is 11.6 Å². The molecule has 2 aliphatic rings. The third-order valence-corrected chi connectivity index (χ3v) is 4.40. The lowest BCUT2D eigenvalue weighted by molar-refractivity contribution is 0.577. The highest BCUT2D eigenvalue weighted by Crippen LogP contribution is 2.85. The number of fused-ring (bicyclic) bond motifs is 1. The molecule has 0 N–H and O–H groups in total. The summed E-state index contributed by atoms with van der Waals surface area (Å²) in [5.74, 6) is 0.838. The van der Waals surface area contributed by atoms with E-state index in [1.54, 1.807) is 0 Å². The molecule has 0 bridgehead atoms. The average Bonchev–Trinajstić information content (AvgIpc) is 2.48. The van der Waals surface area contributed by atoms with Crippen LogP contribution in [0.3, 0.4) is 0 Å². The largest absolute Gasteiger partial charge is 0.127 e. The van der Waals surface area contributed by atoms with Gasteiger partial charge in [-0.05, 0) is 31.1 Å². The Morgan fingerprint density at radius 3 is 2.33 bits per heavy atom. The highest BCUT2D eigenvalue weighted by Gasteiger charge is 2.80. The number of rotatable bonds is 3. The van der Waals surface area contributed by atoms with Crippen molar-refractivity contribution in [2.75, 3.05) is 5.88 Å². The summed E-state index contributed by atoms with van der Waals surface area (Å²) in [6.07, 6.45) is 5.38. The van der Waals surface area contributed by atoms with E-state index in [1.807, 2.05) is 0 Å². The lowest BCUT2D eigenvalue weighted by atomic mass is 10.1. The summed E-state index contributed by atoms with van der Waals surface area (Å²) in [5, 5.41) is 0. The van der Waals surface area contributed by atoms with Crippen LogP contribution in [0, 0.1) is 5.41 Å². The minimum Gasteiger partial charge on any atom is -0.127 e. The molecular weight excluding hydrogens is 199 g/mol. The highest BCUT2D eigenvalue weighted by molar-refractivity contribution is 9.10. The second-order valence-electron chi connectivity index (χ2n) is 3.39. The summed E-state index contributed by atoms with van der Waals surface area (Å²) >= 11 is 9.29. The smallest absolute Gasteiger partial charge is 0.0326 e. The van der Waals surface area contributed by atoms with E-state index in [9.17, 15) is 0 Å². The molecule has 0 amide bonds. The molecule has 2 aliphatic carbocycles. The van der Waals surface area contributed by atoms with Crippen molar-refractivity contribution in [2.24, 2.45) is 5.41 Å². The Kier molecular flexibility index (Phi) is 1.21. The van der Waals surface area contributed by atoms with Gasteiger partial charge < -0.3 is 0 Å². The molecule has 52 valence electrons. The van der Waals surface area contributed by atoms with Crippen molar-refractivity contribution in [2.45, 2.75) is 30.0 Å². The molecule has 0 aromatic heterocycles. The van der Waals surface area contributed by atoms with Crippen LogP contribution in [0.25, 0.3) is 0 Å². The summed E-state index contributed by atoms with van der Waals surface area (Å²) in [6, 6.07) is 0. The van der Waals surface area contributed by atoms with E-state index in [0.29, 0.717) is 4.32 Å². The first-order chi connectivity index (χ1) is 4.22. The Morgan fingerprint density at radius 2 is 2.00 bits per heavy atom. The quantitative estimate of drug-likeness (QED) is 0.627. The van der Waals surface area contributed by atoms with Gasteiger partial charge in [0.25, 0.3) is 0 Å². The molecule has 0 nitrogen and oxygen atoms in total. The number of hydrogen-bond acceptors (Lipinski definition) is 0. The molecule has 0 atom stereocenters. The Hall–Kier alpha value is 0.770. The van der Waals surface area contributed by atoms with Crippen LogP contribution in [0.15, 0.2) is 0 Å². The zero-order valence-electron chi connectivity index (χ0n) is 5.29. The van der Waals surface area contributed by atoms with E-state index in [4.69, 9.17) is 11.6 Å². The van der Waals surface area contributed by atoms with Crippen LogP contribution in [-0.2, 0) is 0 Å². The standard InChI is InChI=1S/C7H10BrCl/c8-7-4-6(7,5-7)2-1-3-9/h1-5H2. The molecule has 0 aliphatic heterocycles. The van der Waals surface area contributed by atoms with Gasteiger partial charge in [-0.25, -0.2) is 0 Å². The maximum absolute atomic E-state index is 5.58. The Bertz CT molecular complexity index is 138. The van der Waals surface area contributed by atoms with Gasteiger partial charge in [0, 0.05) is 10.2 Å². The van der Waals surface area contributed by atoms with Gasteiger partial charge in [-0.2, -0.15) is 0 Å². The van der Waals surface area contributed by atoms with Crippen LogP contribution in [0.2, 0.25) is 0 Å². The number of halogens is 2. The summed E-state index contributed by atoms with van der Waals surface area (Å²) in [6.45, 7) is 0. The van der Waals surface area contributed by atoms with Crippen LogP contribution in [0.4, 0.5) is 0 Å². The van der Waals surface area contributed by atoms with Crippen molar-refractivity contribution >= 4 is 27.5 Å². The van der Waals surface area contributed by atoms with E-state index < -0.39 is 0 Å². The second-order valence-corrected chi connectivity index (χ2v) is 5.29. The van der Waals surface area contributed by atoms with Crippen LogP contribution < -0.4 is 0 Å². The van der Waals surface area contributed by atoms with Gasteiger partial charge in [0.05, 0.1) is 0 Å². The molecule has 0 aromatic carbocycles. The molecule has 2 fully saturated rings. The normalized spacial score (nSPS) is 52.7. The fourth-order valence-corrected chi connectivity index (χ4v) is 3.14. The van der Waals surface area contributed by atoms with Gasteiger partial charge in [-0.3, -0.25) is 0 Å². The van der Waals surface area contributed by atoms with Crippen molar-refractivity contribution in [1.82, 2.24) is 0 Å². The van der Waals surface area contributed by atoms with E-state index >= 15 is 0 Å². The lowest BCUT2D eigenvalue weighted by Gasteiger charge is -1.96. The molecule has 2 saturated carbocycles. The maximum Gasteiger partial charge on any atom is 0.0326 e. The molecule has 0 spiro atoms. The molecular formula is C7H10BrCl. The minimum absolute atomic E-state index is 0.617. The molecule has 0 heterocycles. The third-order valence-electron chi connectivity index (χ3n) is 2.73. The van der Waals surface area contributed by atoms with Gasteiger partial charge in [0.15, 0.2) is 0 Å². The van der Waals surface area contributed by atoms with Gasteiger partial charge in [-0.1, -0.05) is 15.9 Å². The Balaban J connectivity index is 1.78. The predicted molar refractivity (Wildman–Crippen MR) is 43.3 cm³/mol. The topological polar surface area (TPSA) is 0 Å². The first kappa shape index (κ1) is 6.48. The molecule has 9 heavy (non-hydrogen) atoms. The van der Waals surface area contributed by atoms with Crippen molar-refractivity contribution in [3.05, 3.63) is 0 Å². The van der Waals surface area contributed by atoms with E-state index in [2.05, 4.69) is 15.9 Å². The monoisotopic (exact) mass is 208 g/mol. The summed E-state index contributed by atoms with van der Waals surface area (Å²) < 4.78 is 0.617.